The van der Waals surface area contributed by atoms with Crippen LogP contribution < -0.4 is 9.47 Å². The minimum Gasteiger partial charge on any atom is -0.497 e. The molecule has 0 bridgehead atoms. The largest absolute Gasteiger partial charge is 0.497 e. The summed E-state index contributed by atoms with van der Waals surface area (Å²) in [5.74, 6) is 1.55. The topological polar surface area (TPSA) is 18.5 Å². The fourth-order valence-electron chi connectivity index (χ4n) is 2.20. The molecule has 0 aliphatic carbocycles. The number of allylic oxidation sites excluding steroid dienone is 5. The maximum absolute atomic E-state index is 5.30. The van der Waals surface area contributed by atoms with Gasteiger partial charge in [-0.25, -0.2) is 0 Å². The molecule has 0 aliphatic heterocycles. The van der Waals surface area contributed by atoms with Gasteiger partial charge >= 0.3 is 0 Å². The van der Waals surface area contributed by atoms with E-state index in [-0.39, 0.29) is 0 Å². The third kappa shape index (κ3) is 5.80. The summed E-state index contributed by atoms with van der Waals surface area (Å²) in [7, 11) is 3.31. The lowest BCUT2D eigenvalue weighted by Crippen LogP contribution is -1.90. The predicted octanol–water partition coefficient (Wildman–Crippen LogP) is 5.80. The Morgan fingerprint density at radius 3 is 2.18 bits per heavy atom. The van der Waals surface area contributed by atoms with Crippen molar-refractivity contribution in [1.82, 2.24) is 0 Å². The van der Waals surface area contributed by atoms with E-state index in [4.69, 9.17) is 9.47 Å². The highest BCUT2D eigenvalue weighted by Gasteiger charge is 2.03. The lowest BCUT2D eigenvalue weighted by atomic mass is 10.0. The fourth-order valence-corrected chi connectivity index (χ4v) is 2.20. The maximum atomic E-state index is 5.30. The Hall–Kier alpha value is -1.96. The zero-order valence-corrected chi connectivity index (χ0v) is 14.3. The molecule has 0 saturated carbocycles. The standard InChI is InChI=1S/C20H28O2/c1-6-8-9-10-17(7-2)12-11-16(3)18-13-19(21-4)15-20(14-18)22-5/h7,11-15H,3,6,8-10H2,1-2,4-5H3. The summed E-state index contributed by atoms with van der Waals surface area (Å²) in [6, 6.07) is 5.81. The van der Waals surface area contributed by atoms with Crippen molar-refractivity contribution in [1.29, 1.82) is 0 Å². The van der Waals surface area contributed by atoms with E-state index in [1.807, 2.05) is 18.2 Å². The minimum absolute atomic E-state index is 0.776. The van der Waals surface area contributed by atoms with Crippen molar-refractivity contribution < 1.29 is 9.47 Å². The van der Waals surface area contributed by atoms with E-state index < -0.39 is 0 Å². The summed E-state index contributed by atoms with van der Waals surface area (Å²) in [5.41, 5.74) is 3.31. The second-order valence-corrected chi connectivity index (χ2v) is 5.28. The van der Waals surface area contributed by atoms with Crippen LogP contribution in [-0.4, -0.2) is 14.2 Å². The molecule has 0 amide bonds. The predicted molar refractivity (Wildman–Crippen MR) is 95.6 cm³/mol. The highest BCUT2D eigenvalue weighted by atomic mass is 16.5. The average molecular weight is 300 g/mol. The van der Waals surface area contributed by atoms with Crippen LogP contribution in [0.5, 0.6) is 11.5 Å². The minimum atomic E-state index is 0.776. The zero-order chi connectivity index (χ0) is 16.4. The molecule has 0 N–H and O–H groups in total. The molecular weight excluding hydrogens is 272 g/mol. The van der Waals surface area contributed by atoms with Crippen LogP contribution in [0.2, 0.25) is 0 Å². The van der Waals surface area contributed by atoms with Crippen molar-refractivity contribution >= 4 is 5.57 Å². The highest BCUT2D eigenvalue weighted by molar-refractivity contribution is 5.74. The van der Waals surface area contributed by atoms with Gasteiger partial charge in [0, 0.05) is 6.07 Å². The zero-order valence-electron chi connectivity index (χ0n) is 14.3. The Balaban J connectivity index is 2.81. The summed E-state index contributed by atoms with van der Waals surface area (Å²) in [5, 5.41) is 0. The Labute approximate surface area is 135 Å². The molecule has 0 radical (unpaired) electrons. The molecule has 0 saturated heterocycles. The van der Waals surface area contributed by atoms with Crippen LogP contribution in [-0.2, 0) is 0 Å². The molecule has 120 valence electrons. The normalized spacial score (nSPS) is 11.7. The van der Waals surface area contributed by atoms with Crippen LogP contribution in [0.25, 0.3) is 5.57 Å². The third-order valence-electron chi connectivity index (χ3n) is 3.66. The van der Waals surface area contributed by atoms with Crippen LogP contribution in [0.4, 0.5) is 0 Å². The van der Waals surface area contributed by atoms with Crippen molar-refractivity contribution in [2.45, 2.75) is 39.5 Å². The van der Waals surface area contributed by atoms with Crippen molar-refractivity contribution in [2.24, 2.45) is 0 Å². The molecule has 0 unspecified atom stereocenters. The van der Waals surface area contributed by atoms with E-state index in [1.165, 1.54) is 24.8 Å². The Morgan fingerprint density at radius 1 is 1.05 bits per heavy atom. The first-order valence-electron chi connectivity index (χ1n) is 7.90. The molecule has 1 rings (SSSR count). The van der Waals surface area contributed by atoms with Gasteiger partial charge in [-0.05, 0) is 43.0 Å². The van der Waals surface area contributed by atoms with E-state index >= 15 is 0 Å². The Bertz CT molecular complexity index is 516. The summed E-state index contributed by atoms with van der Waals surface area (Å²) >= 11 is 0. The number of hydrogen-bond donors (Lipinski definition) is 0. The molecule has 2 heteroatoms. The van der Waals surface area contributed by atoms with Crippen molar-refractivity contribution in [3.8, 4) is 11.5 Å². The molecule has 0 atom stereocenters. The highest BCUT2D eigenvalue weighted by Crippen LogP contribution is 2.27. The first-order valence-corrected chi connectivity index (χ1v) is 7.90. The summed E-state index contributed by atoms with van der Waals surface area (Å²) < 4.78 is 10.6. The molecule has 22 heavy (non-hydrogen) atoms. The fraction of sp³-hybridized carbons (Fsp3) is 0.400. The van der Waals surface area contributed by atoms with Gasteiger partial charge in [0.1, 0.15) is 11.5 Å². The molecule has 2 nitrogen and oxygen atoms in total. The van der Waals surface area contributed by atoms with Crippen molar-refractivity contribution in [3.63, 3.8) is 0 Å². The summed E-state index contributed by atoms with van der Waals surface area (Å²) in [6.07, 6.45) is 11.3. The van der Waals surface area contributed by atoms with Gasteiger partial charge in [0.15, 0.2) is 0 Å². The van der Waals surface area contributed by atoms with E-state index in [1.54, 1.807) is 14.2 Å². The van der Waals surface area contributed by atoms with Gasteiger partial charge in [0.2, 0.25) is 0 Å². The summed E-state index contributed by atoms with van der Waals surface area (Å²) in [6.45, 7) is 8.46. The molecule has 0 fully saturated rings. The smallest absolute Gasteiger partial charge is 0.123 e. The average Bonchev–Trinajstić information content (AvgIpc) is 2.57. The van der Waals surface area contributed by atoms with Gasteiger partial charge < -0.3 is 9.47 Å². The van der Waals surface area contributed by atoms with E-state index in [0.29, 0.717) is 0 Å². The van der Waals surface area contributed by atoms with Gasteiger partial charge in [0.05, 0.1) is 14.2 Å². The third-order valence-corrected chi connectivity index (χ3v) is 3.66. The number of hydrogen-bond acceptors (Lipinski definition) is 2. The number of benzene rings is 1. The summed E-state index contributed by atoms with van der Waals surface area (Å²) in [4.78, 5) is 0. The van der Waals surface area contributed by atoms with Gasteiger partial charge in [-0.1, -0.05) is 50.1 Å². The van der Waals surface area contributed by atoms with Gasteiger partial charge in [-0.15, -0.1) is 0 Å². The molecule has 1 aromatic carbocycles. The van der Waals surface area contributed by atoms with Crippen LogP contribution in [0, 0.1) is 0 Å². The van der Waals surface area contributed by atoms with Crippen LogP contribution in [0.1, 0.15) is 45.1 Å². The van der Waals surface area contributed by atoms with Gasteiger partial charge in [-0.2, -0.15) is 0 Å². The van der Waals surface area contributed by atoms with E-state index in [0.717, 1.165) is 29.1 Å². The lowest BCUT2D eigenvalue weighted by Gasteiger charge is -2.09. The number of unbranched alkanes of at least 4 members (excludes halogenated alkanes) is 2. The second kappa shape index (κ2) is 9.88. The molecule has 0 aliphatic rings. The molecule has 1 aromatic rings. The first kappa shape index (κ1) is 18.1. The van der Waals surface area contributed by atoms with Crippen molar-refractivity contribution in [3.05, 3.63) is 54.1 Å². The second-order valence-electron chi connectivity index (χ2n) is 5.28. The van der Waals surface area contributed by atoms with Crippen LogP contribution in [0.3, 0.4) is 0 Å². The van der Waals surface area contributed by atoms with E-state index in [9.17, 15) is 0 Å². The van der Waals surface area contributed by atoms with Gasteiger partial charge in [-0.3, -0.25) is 0 Å². The van der Waals surface area contributed by atoms with Crippen LogP contribution in [0.15, 0.2) is 48.6 Å². The molecule has 0 heterocycles. The number of methoxy groups -OCH3 is 2. The first-order chi connectivity index (χ1) is 10.6. The maximum Gasteiger partial charge on any atom is 0.123 e. The van der Waals surface area contributed by atoms with Crippen LogP contribution >= 0.6 is 0 Å². The van der Waals surface area contributed by atoms with Gasteiger partial charge in [0.25, 0.3) is 0 Å². The van der Waals surface area contributed by atoms with Crippen molar-refractivity contribution in [2.75, 3.05) is 14.2 Å². The Kier molecular flexibility index (Phi) is 8.13. The molecular formula is C20H28O2. The Morgan fingerprint density at radius 2 is 1.68 bits per heavy atom. The monoisotopic (exact) mass is 300 g/mol. The number of rotatable bonds is 9. The SMILES string of the molecule is C=C(C=CC(=CC)CCCCC)c1cc(OC)cc(OC)c1. The lowest BCUT2D eigenvalue weighted by molar-refractivity contribution is 0.394. The number of ether oxygens (including phenoxy) is 2. The van der Waals surface area contributed by atoms with E-state index in [2.05, 4.69) is 38.7 Å². The molecule has 0 aromatic heterocycles. The molecule has 0 spiro atoms. The quantitative estimate of drug-likeness (QED) is 0.424.